The number of allylic oxidation sites excluding steroid dienone is 1. The normalized spacial score (nSPS) is 10.3. The van der Waals surface area contributed by atoms with Crippen molar-refractivity contribution in [1.82, 2.24) is 5.32 Å². The Balaban J connectivity index is 1.87. The van der Waals surface area contributed by atoms with E-state index in [1.165, 1.54) is 24.8 Å². The minimum atomic E-state index is 1.02. The molecule has 78 valence electrons. The first kappa shape index (κ1) is 11.5. The zero-order chi connectivity index (χ0) is 10.1. The molecule has 0 unspecified atom stereocenters. The molecule has 0 aliphatic rings. The van der Waals surface area contributed by atoms with Gasteiger partial charge in [0.1, 0.15) is 0 Å². The van der Waals surface area contributed by atoms with Gasteiger partial charge in [-0.15, -0.1) is 6.58 Å². The summed E-state index contributed by atoms with van der Waals surface area (Å²) in [6, 6.07) is 2.18. The van der Waals surface area contributed by atoms with E-state index in [9.17, 15) is 0 Å². The number of hydrogen-bond acceptors (Lipinski definition) is 2. The second-order valence-electron chi connectivity index (χ2n) is 3.45. The van der Waals surface area contributed by atoms with Crippen molar-refractivity contribution in [2.45, 2.75) is 32.2 Å². The van der Waals surface area contributed by atoms with E-state index >= 15 is 0 Å². The largest absolute Gasteiger partial charge is 0.313 e. The highest BCUT2D eigenvalue weighted by Gasteiger charge is 1.92. The lowest BCUT2D eigenvalue weighted by atomic mass is 10.2. The fourth-order valence-corrected chi connectivity index (χ4v) is 2.01. The van der Waals surface area contributed by atoms with Gasteiger partial charge < -0.3 is 5.32 Å². The van der Waals surface area contributed by atoms with Crippen LogP contribution < -0.4 is 5.32 Å². The molecule has 0 radical (unpaired) electrons. The SMILES string of the molecule is C=CCCCCCNCc1ccsc1. The third kappa shape index (κ3) is 5.20. The standard InChI is InChI=1S/C12H19NS/c1-2-3-4-5-6-8-13-10-12-7-9-14-11-12/h2,7,9,11,13H,1,3-6,8,10H2. The summed E-state index contributed by atoms with van der Waals surface area (Å²) in [4.78, 5) is 0. The molecule has 1 heterocycles. The predicted octanol–water partition coefficient (Wildman–Crippen LogP) is 3.58. The van der Waals surface area contributed by atoms with Crippen molar-refractivity contribution >= 4 is 11.3 Å². The van der Waals surface area contributed by atoms with Gasteiger partial charge in [0.15, 0.2) is 0 Å². The second-order valence-corrected chi connectivity index (χ2v) is 4.23. The highest BCUT2D eigenvalue weighted by Crippen LogP contribution is 2.05. The van der Waals surface area contributed by atoms with Crippen LogP contribution in [-0.2, 0) is 6.54 Å². The monoisotopic (exact) mass is 209 g/mol. The average Bonchev–Trinajstić information content (AvgIpc) is 2.69. The van der Waals surface area contributed by atoms with Crippen LogP contribution in [0.3, 0.4) is 0 Å². The topological polar surface area (TPSA) is 12.0 Å². The Hall–Kier alpha value is -0.600. The fraction of sp³-hybridized carbons (Fsp3) is 0.500. The van der Waals surface area contributed by atoms with Gasteiger partial charge >= 0.3 is 0 Å². The van der Waals surface area contributed by atoms with E-state index in [0.717, 1.165) is 19.5 Å². The van der Waals surface area contributed by atoms with E-state index in [2.05, 4.69) is 28.7 Å². The zero-order valence-electron chi connectivity index (χ0n) is 8.67. The maximum atomic E-state index is 3.71. The molecule has 0 aliphatic heterocycles. The van der Waals surface area contributed by atoms with E-state index in [0.29, 0.717) is 0 Å². The van der Waals surface area contributed by atoms with Crippen LogP contribution in [0.2, 0.25) is 0 Å². The minimum absolute atomic E-state index is 1.02. The molecule has 0 spiro atoms. The lowest BCUT2D eigenvalue weighted by Crippen LogP contribution is -2.13. The van der Waals surface area contributed by atoms with Crippen molar-refractivity contribution in [3.8, 4) is 0 Å². The smallest absolute Gasteiger partial charge is 0.0213 e. The maximum Gasteiger partial charge on any atom is 0.0213 e. The number of unbranched alkanes of at least 4 members (excludes halogenated alkanes) is 3. The summed E-state index contributed by atoms with van der Waals surface area (Å²) in [5.41, 5.74) is 1.40. The van der Waals surface area contributed by atoms with Gasteiger partial charge in [0.25, 0.3) is 0 Å². The fourth-order valence-electron chi connectivity index (χ4n) is 1.34. The van der Waals surface area contributed by atoms with E-state index in [1.54, 1.807) is 11.3 Å². The third-order valence-electron chi connectivity index (χ3n) is 2.17. The molecular formula is C12H19NS. The van der Waals surface area contributed by atoms with Crippen LogP contribution >= 0.6 is 11.3 Å². The maximum absolute atomic E-state index is 3.71. The van der Waals surface area contributed by atoms with Gasteiger partial charge in [-0.2, -0.15) is 11.3 Å². The van der Waals surface area contributed by atoms with Crippen LogP contribution in [0.1, 0.15) is 31.2 Å². The molecule has 1 rings (SSSR count). The highest BCUT2D eigenvalue weighted by atomic mass is 32.1. The first-order valence-corrected chi connectivity index (χ1v) is 6.20. The molecule has 2 heteroatoms. The third-order valence-corrected chi connectivity index (χ3v) is 2.90. The highest BCUT2D eigenvalue weighted by molar-refractivity contribution is 7.07. The summed E-state index contributed by atoms with van der Waals surface area (Å²) < 4.78 is 0. The van der Waals surface area contributed by atoms with Crippen LogP contribution in [0.5, 0.6) is 0 Å². The molecule has 1 aromatic heterocycles. The van der Waals surface area contributed by atoms with E-state index in [4.69, 9.17) is 0 Å². The first-order valence-electron chi connectivity index (χ1n) is 5.26. The number of rotatable bonds is 8. The lowest BCUT2D eigenvalue weighted by Gasteiger charge is -2.02. The van der Waals surface area contributed by atoms with Crippen molar-refractivity contribution in [3.63, 3.8) is 0 Å². The molecule has 0 fully saturated rings. The number of hydrogen-bond donors (Lipinski definition) is 1. The van der Waals surface area contributed by atoms with Gasteiger partial charge in [0.05, 0.1) is 0 Å². The summed E-state index contributed by atoms with van der Waals surface area (Å²) in [7, 11) is 0. The van der Waals surface area contributed by atoms with Gasteiger partial charge in [-0.1, -0.05) is 12.5 Å². The summed E-state index contributed by atoms with van der Waals surface area (Å²) in [5.74, 6) is 0. The van der Waals surface area contributed by atoms with Crippen LogP contribution in [0.4, 0.5) is 0 Å². The van der Waals surface area contributed by atoms with Crippen molar-refractivity contribution < 1.29 is 0 Å². The van der Waals surface area contributed by atoms with Crippen molar-refractivity contribution in [3.05, 3.63) is 35.0 Å². The summed E-state index contributed by atoms with van der Waals surface area (Å²) >= 11 is 1.76. The van der Waals surface area contributed by atoms with Gasteiger partial charge in [0.2, 0.25) is 0 Å². The van der Waals surface area contributed by atoms with Crippen LogP contribution in [-0.4, -0.2) is 6.54 Å². The molecule has 0 aromatic carbocycles. The Morgan fingerprint density at radius 3 is 3.00 bits per heavy atom. The molecule has 0 aliphatic carbocycles. The van der Waals surface area contributed by atoms with E-state index in [-0.39, 0.29) is 0 Å². The quantitative estimate of drug-likeness (QED) is 0.509. The molecule has 0 saturated heterocycles. The molecule has 0 atom stereocenters. The molecule has 1 N–H and O–H groups in total. The molecule has 1 aromatic rings. The Bertz CT molecular complexity index is 228. The molecule has 0 amide bonds. The number of thiophene rings is 1. The molecule has 1 nitrogen and oxygen atoms in total. The Morgan fingerprint density at radius 1 is 1.36 bits per heavy atom. The Morgan fingerprint density at radius 2 is 2.29 bits per heavy atom. The zero-order valence-corrected chi connectivity index (χ0v) is 9.48. The van der Waals surface area contributed by atoms with Crippen molar-refractivity contribution in [2.75, 3.05) is 6.54 Å². The van der Waals surface area contributed by atoms with Gasteiger partial charge in [0, 0.05) is 6.54 Å². The summed E-state index contributed by atoms with van der Waals surface area (Å²) in [5, 5.41) is 7.77. The second kappa shape index (κ2) is 7.77. The molecular weight excluding hydrogens is 190 g/mol. The Labute approximate surface area is 90.9 Å². The average molecular weight is 209 g/mol. The van der Waals surface area contributed by atoms with Crippen LogP contribution in [0, 0.1) is 0 Å². The Kier molecular flexibility index (Phi) is 6.37. The van der Waals surface area contributed by atoms with Crippen LogP contribution in [0.25, 0.3) is 0 Å². The first-order chi connectivity index (χ1) is 6.93. The summed E-state index contributed by atoms with van der Waals surface area (Å²) in [6.07, 6.45) is 7.02. The van der Waals surface area contributed by atoms with Crippen molar-refractivity contribution in [2.24, 2.45) is 0 Å². The molecule has 0 bridgehead atoms. The van der Waals surface area contributed by atoms with Gasteiger partial charge in [-0.05, 0) is 48.2 Å². The van der Waals surface area contributed by atoms with Gasteiger partial charge in [-0.25, -0.2) is 0 Å². The van der Waals surface area contributed by atoms with Gasteiger partial charge in [-0.3, -0.25) is 0 Å². The van der Waals surface area contributed by atoms with Crippen LogP contribution in [0.15, 0.2) is 29.5 Å². The molecule has 0 saturated carbocycles. The minimum Gasteiger partial charge on any atom is -0.313 e. The number of nitrogens with one attached hydrogen (secondary N) is 1. The van der Waals surface area contributed by atoms with E-state index < -0.39 is 0 Å². The van der Waals surface area contributed by atoms with E-state index in [1.807, 2.05) is 6.08 Å². The predicted molar refractivity (Wildman–Crippen MR) is 64.7 cm³/mol. The summed E-state index contributed by atoms with van der Waals surface area (Å²) in [6.45, 7) is 5.86. The molecule has 14 heavy (non-hydrogen) atoms. The lowest BCUT2D eigenvalue weighted by molar-refractivity contribution is 0.606. The van der Waals surface area contributed by atoms with Crippen molar-refractivity contribution in [1.29, 1.82) is 0 Å².